The molecule has 1 aromatic heterocycles. The maximum Gasteiger partial charge on any atom is 0.0546 e. The molecular formula is C26H37N7. The van der Waals surface area contributed by atoms with Crippen LogP contribution in [0.5, 0.6) is 0 Å². The van der Waals surface area contributed by atoms with Crippen LogP contribution in [0, 0.1) is 0 Å². The van der Waals surface area contributed by atoms with E-state index in [9.17, 15) is 0 Å². The van der Waals surface area contributed by atoms with Crippen molar-refractivity contribution in [3.8, 4) is 0 Å². The van der Waals surface area contributed by atoms with E-state index >= 15 is 0 Å². The third-order valence-corrected chi connectivity index (χ3v) is 5.99. The van der Waals surface area contributed by atoms with Crippen molar-refractivity contribution in [1.82, 2.24) is 36.5 Å². The Balaban J connectivity index is 1.22. The number of benzene rings is 2. The van der Waals surface area contributed by atoms with Crippen LogP contribution in [0.25, 0.3) is 10.8 Å². The number of hydrogen-bond donors (Lipinski definition) is 5. The summed E-state index contributed by atoms with van der Waals surface area (Å²) in [6.45, 7) is 10.0. The van der Waals surface area contributed by atoms with Crippen LogP contribution in [-0.4, -0.2) is 62.5 Å². The number of nitrogens with zero attached hydrogens (tertiary/aromatic N) is 2. The Bertz CT molecular complexity index is 941. The Morgan fingerprint density at radius 2 is 1.42 bits per heavy atom. The Morgan fingerprint density at radius 1 is 0.758 bits per heavy atom. The van der Waals surface area contributed by atoms with Gasteiger partial charge in [-0.25, -0.2) is 0 Å². The average Bonchev–Trinajstić information content (AvgIpc) is 2.85. The Kier molecular flexibility index (Phi) is 9.61. The first-order valence-electron chi connectivity index (χ1n) is 12.1. The molecule has 0 radical (unpaired) electrons. The number of hydrogen-bond acceptors (Lipinski definition) is 7. The fourth-order valence-electron chi connectivity index (χ4n) is 4.18. The van der Waals surface area contributed by atoms with Crippen LogP contribution in [0.4, 0.5) is 0 Å². The SMILES string of the molecule is c1cc2nc(c1)CNCNCCN(CCNCc1cccc3ccccc13)CCNCNC2. The van der Waals surface area contributed by atoms with Crippen molar-refractivity contribution >= 4 is 10.8 Å². The molecule has 0 atom stereocenters. The van der Waals surface area contributed by atoms with E-state index in [1.807, 2.05) is 0 Å². The Morgan fingerprint density at radius 3 is 2.18 bits per heavy atom. The van der Waals surface area contributed by atoms with E-state index in [2.05, 4.69) is 92.1 Å². The number of aromatic nitrogens is 1. The summed E-state index contributed by atoms with van der Waals surface area (Å²) in [6, 6.07) is 21.4. The fraction of sp³-hybridized carbons (Fsp3) is 0.423. The molecule has 0 saturated carbocycles. The second-order valence-corrected chi connectivity index (χ2v) is 8.48. The highest BCUT2D eigenvalue weighted by atomic mass is 15.2. The zero-order valence-electron chi connectivity index (χ0n) is 19.4. The third-order valence-electron chi connectivity index (χ3n) is 5.99. The van der Waals surface area contributed by atoms with E-state index in [1.165, 1.54) is 16.3 Å². The lowest BCUT2D eigenvalue weighted by Crippen LogP contribution is -2.43. The van der Waals surface area contributed by atoms with Gasteiger partial charge in [-0.05, 0) is 28.5 Å². The molecule has 2 bridgehead atoms. The van der Waals surface area contributed by atoms with Crippen LogP contribution in [0.15, 0.2) is 60.7 Å². The van der Waals surface area contributed by atoms with Crippen molar-refractivity contribution in [3.63, 3.8) is 0 Å². The summed E-state index contributed by atoms with van der Waals surface area (Å²) in [5.41, 5.74) is 3.52. The molecule has 33 heavy (non-hydrogen) atoms. The standard InChI is InChI=1S/C26H37N7/c1-2-10-26-22(5-1)6-3-7-23(26)17-27-11-14-33-15-12-28-20-30-18-24-8-4-9-25(32-24)19-31-21-29-13-16-33/h1-10,27-31H,11-21H2. The van der Waals surface area contributed by atoms with Crippen molar-refractivity contribution in [3.05, 3.63) is 77.6 Å². The van der Waals surface area contributed by atoms with Gasteiger partial charge in [0.2, 0.25) is 0 Å². The molecule has 4 rings (SSSR count). The molecule has 0 spiro atoms. The van der Waals surface area contributed by atoms with E-state index in [4.69, 9.17) is 4.98 Å². The lowest BCUT2D eigenvalue weighted by molar-refractivity contribution is 0.269. The van der Waals surface area contributed by atoms with E-state index in [1.54, 1.807) is 0 Å². The zero-order chi connectivity index (χ0) is 22.6. The van der Waals surface area contributed by atoms with E-state index in [0.717, 1.165) is 83.6 Å². The van der Waals surface area contributed by atoms with Gasteiger partial charge in [-0.1, -0.05) is 48.5 Å². The van der Waals surface area contributed by atoms with Gasteiger partial charge in [0.1, 0.15) is 0 Å². The van der Waals surface area contributed by atoms with Crippen LogP contribution < -0.4 is 26.6 Å². The summed E-state index contributed by atoms with van der Waals surface area (Å²) in [5, 5.41) is 20.2. The molecule has 176 valence electrons. The fourth-order valence-corrected chi connectivity index (χ4v) is 4.18. The maximum absolute atomic E-state index is 4.70. The quantitative estimate of drug-likeness (QED) is 0.381. The van der Waals surface area contributed by atoms with Crippen LogP contribution in [-0.2, 0) is 19.6 Å². The minimum absolute atomic E-state index is 0.779. The first-order chi connectivity index (χ1) is 16.4. The topological polar surface area (TPSA) is 76.3 Å². The monoisotopic (exact) mass is 447 g/mol. The summed E-state index contributed by atoms with van der Waals surface area (Å²) in [7, 11) is 0. The molecule has 0 aliphatic carbocycles. The third kappa shape index (κ3) is 7.85. The van der Waals surface area contributed by atoms with Gasteiger partial charge in [0.25, 0.3) is 0 Å². The number of nitrogens with one attached hydrogen (secondary N) is 5. The van der Waals surface area contributed by atoms with Crippen molar-refractivity contribution in [2.45, 2.75) is 19.6 Å². The van der Waals surface area contributed by atoms with Crippen molar-refractivity contribution in [1.29, 1.82) is 0 Å². The summed E-state index contributed by atoms with van der Waals surface area (Å²) < 4.78 is 0. The Hall–Kier alpha value is -2.39. The second kappa shape index (κ2) is 13.3. The van der Waals surface area contributed by atoms with Crippen molar-refractivity contribution in [2.24, 2.45) is 0 Å². The minimum Gasteiger partial charge on any atom is -0.311 e. The Labute approximate surface area is 197 Å². The number of pyridine rings is 1. The molecule has 7 heteroatoms. The van der Waals surface area contributed by atoms with Crippen molar-refractivity contribution < 1.29 is 0 Å². The van der Waals surface area contributed by atoms with Gasteiger partial charge in [0.15, 0.2) is 0 Å². The van der Waals surface area contributed by atoms with Gasteiger partial charge in [-0.3, -0.25) is 20.5 Å². The van der Waals surface area contributed by atoms with Gasteiger partial charge in [0.05, 0.1) is 11.4 Å². The van der Waals surface area contributed by atoms with E-state index < -0.39 is 0 Å². The molecule has 1 aliphatic rings. The number of fused-ring (bicyclic) bond motifs is 3. The molecule has 1 aliphatic heterocycles. The first-order valence-corrected chi connectivity index (χ1v) is 12.1. The molecule has 2 aromatic carbocycles. The van der Waals surface area contributed by atoms with Crippen LogP contribution in [0.1, 0.15) is 17.0 Å². The zero-order valence-corrected chi connectivity index (χ0v) is 19.4. The van der Waals surface area contributed by atoms with Crippen LogP contribution in [0.3, 0.4) is 0 Å². The summed E-state index contributed by atoms with van der Waals surface area (Å²) >= 11 is 0. The lowest BCUT2D eigenvalue weighted by atomic mass is 10.0. The van der Waals surface area contributed by atoms with Gasteiger partial charge < -0.3 is 16.0 Å². The molecule has 0 saturated heterocycles. The molecule has 0 unspecified atom stereocenters. The molecule has 7 nitrogen and oxygen atoms in total. The molecule has 5 N–H and O–H groups in total. The van der Waals surface area contributed by atoms with E-state index in [-0.39, 0.29) is 0 Å². The first kappa shape index (κ1) is 23.8. The van der Waals surface area contributed by atoms with Gasteiger partial charge >= 0.3 is 0 Å². The second-order valence-electron chi connectivity index (χ2n) is 8.48. The predicted octanol–water partition coefficient (Wildman–Crippen LogP) is 1.61. The molecular weight excluding hydrogens is 410 g/mol. The van der Waals surface area contributed by atoms with Crippen LogP contribution >= 0.6 is 0 Å². The minimum atomic E-state index is 0.779. The summed E-state index contributed by atoms with van der Waals surface area (Å²) in [4.78, 5) is 7.22. The van der Waals surface area contributed by atoms with Gasteiger partial charge in [0, 0.05) is 72.2 Å². The molecule has 0 amide bonds. The van der Waals surface area contributed by atoms with Crippen LogP contribution in [0.2, 0.25) is 0 Å². The summed E-state index contributed by atoms with van der Waals surface area (Å²) in [5.74, 6) is 0. The van der Waals surface area contributed by atoms with Gasteiger partial charge in [-0.2, -0.15) is 0 Å². The maximum atomic E-state index is 4.70. The van der Waals surface area contributed by atoms with E-state index in [0.29, 0.717) is 0 Å². The highest BCUT2D eigenvalue weighted by molar-refractivity contribution is 5.85. The smallest absolute Gasteiger partial charge is 0.0546 e. The average molecular weight is 448 g/mol. The largest absolute Gasteiger partial charge is 0.311 e. The van der Waals surface area contributed by atoms with Crippen molar-refractivity contribution in [2.75, 3.05) is 52.6 Å². The normalized spacial score (nSPS) is 17.2. The molecule has 3 aromatic rings. The predicted molar refractivity (Wildman–Crippen MR) is 136 cm³/mol. The molecule has 2 heterocycles. The highest BCUT2D eigenvalue weighted by Gasteiger charge is 2.06. The van der Waals surface area contributed by atoms with Gasteiger partial charge in [-0.15, -0.1) is 0 Å². The molecule has 0 fully saturated rings. The summed E-state index contributed by atoms with van der Waals surface area (Å²) in [6.07, 6.45) is 0. The lowest BCUT2D eigenvalue weighted by Gasteiger charge is -2.23. The highest BCUT2D eigenvalue weighted by Crippen LogP contribution is 2.18. The number of rotatable bonds is 5.